The SMILES string of the molecule is CCc1c(-c2ccc(OCc3ccccc3)cc2)ncn1CCCOc1cccc(C)c1. The van der Waals surface area contributed by atoms with Gasteiger partial charge in [-0.3, -0.25) is 0 Å². The number of benzene rings is 3. The largest absolute Gasteiger partial charge is 0.494 e. The van der Waals surface area contributed by atoms with Crippen molar-refractivity contribution in [1.29, 1.82) is 0 Å². The van der Waals surface area contributed by atoms with Crippen LogP contribution in [0.15, 0.2) is 85.2 Å². The molecule has 4 rings (SSSR count). The minimum absolute atomic E-state index is 0.569. The van der Waals surface area contributed by atoms with E-state index in [4.69, 9.17) is 14.5 Å². The van der Waals surface area contributed by atoms with Crippen LogP contribution >= 0.6 is 0 Å². The molecule has 0 saturated carbocycles. The van der Waals surface area contributed by atoms with Gasteiger partial charge in [-0.05, 0) is 67.3 Å². The molecule has 0 bridgehead atoms. The molecule has 4 nitrogen and oxygen atoms in total. The summed E-state index contributed by atoms with van der Waals surface area (Å²) in [5.74, 6) is 1.80. The van der Waals surface area contributed by atoms with E-state index < -0.39 is 0 Å². The Morgan fingerprint density at radius 1 is 0.844 bits per heavy atom. The van der Waals surface area contributed by atoms with Gasteiger partial charge in [-0.15, -0.1) is 0 Å². The second kappa shape index (κ2) is 10.7. The molecule has 0 aliphatic heterocycles. The molecule has 4 heteroatoms. The van der Waals surface area contributed by atoms with Crippen molar-refractivity contribution >= 4 is 0 Å². The van der Waals surface area contributed by atoms with Crippen molar-refractivity contribution in [3.05, 3.63) is 102 Å². The van der Waals surface area contributed by atoms with E-state index in [1.807, 2.05) is 48.8 Å². The van der Waals surface area contributed by atoms with Crippen molar-refractivity contribution in [3.63, 3.8) is 0 Å². The zero-order valence-corrected chi connectivity index (χ0v) is 18.8. The highest BCUT2D eigenvalue weighted by Crippen LogP contribution is 2.26. The van der Waals surface area contributed by atoms with Crippen LogP contribution in [0, 0.1) is 6.92 Å². The molecule has 32 heavy (non-hydrogen) atoms. The summed E-state index contributed by atoms with van der Waals surface area (Å²) in [5.41, 5.74) is 5.78. The number of hydrogen-bond donors (Lipinski definition) is 0. The summed E-state index contributed by atoms with van der Waals surface area (Å²) < 4.78 is 14.1. The molecule has 0 radical (unpaired) electrons. The summed E-state index contributed by atoms with van der Waals surface area (Å²) in [6.07, 6.45) is 3.81. The second-order valence-corrected chi connectivity index (χ2v) is 7.90. The molecule has 1 heterocycles. The van der Waals surface area contributed by atoms with Gasteiger partial charge in [0, 0.05) is 17.8 Å². The molecular weight excluding hydrogens is 396 g/mol. The molecule has 0 unspecified atom stereocenters. The van der Waals surface area contributed by atoms with E-state index in [9.17, 15) is 0 Å². The number of imidazole rings is 1. The third-order valence-corrected chi connectivity index (χ3v) is 5.46. The summed E-state index contributed by atoms with van der Waals surface area (Å²) in [7, 11) is 0. The average molecular weight is 427 g/mol. The average Bonchev–Trinajstić information content (AvgIpc) is 3.24. The molecule has 0 amide bonds. The fourth-order valence-electron chi connectivity index (χ4n) is 3.79. The van der Waals surface area contributed by atoms with Crippen molar-refractivity contribution in [2.75, 3.05) is 6.61 Å². The Morgan fingerprint density at radius 2 is 1.66 bits per heavy atom. The van der Waals surface area contributed by atoms with E-state index in [-0.39, 0.29) is 0 Å². The lowest BCUT2D eigenvalue weighted by atomic mass is 10.1. The minimum atomic E-state index is 0.569. The van der Waals surface area contributed by atoms with Crippen LogP contribution in [0.1, 0.15) is 30.2 Å². The van der Waals surface area contributed by atoms with Crippen LogP contribution in [-0.2, 0) is 19.6 Å². The zero-order chi connectivity index (χ0) is 22.2. The van der Waals surface area contributed by atoms with Gasteiger partial charge >= 0.3 is 0 Å². The number of hydrogen-bond acceptors (Lipinski definition) is 3. The van der Waals surface area contributed by atoms with Gasteiger partial charge in [0.1, 0.15) is 18.1 Å². The maximum Gasteiger partial charge on any atom is 0.119 e. The van der Waals surface area contributed by atoms with Gasteiger partial charge < -0.3 is 14.0 Å². The molecule has 0 N–H and O–H groups in total. The lowest BCUT2D eigenvalue weighted by Crippen LogP contribution is -2.06. The predicted octanol–water partition coefficient (Wildman–Crippen LogP) is 6.47. The maximum absolute atomic E-state index is 5.91. The molecule has 0 atom stereocenters. The van der Waals surface area contributed by atoms with Gasteiger partial charge in [0.05, 0.1) is 18.6 Å². The third-order valence-electron chi connectivity index (χ3n) is 5.46. The first-order chi connectivity index (χ1) is 15.7. The highest BCUT2D eigenvalue weighted by molar-refractivity contribution is 5.63. The first-order valence-corrected chi connectivity index (χ1v) is 11.2. The van der Waals surface area contributed by atoms with Gasteiger partial charge in [0.25, 0.3) is 0 Å². The van der Waals surface area contributed by atoms with Gasteiger partial charge in [-0.2, -0.15) is 0 Å². The Balaban J connectivity index is 1.34. The maximum atomic E-state index is 5.91. The highest BCUT2D eigenvalue weighted by atomic mass is 16.5. The summed E-state index contributed by atoms with van der Waals surface area (Å²) in [4.78, 5) is 4.71. The number of rotatable bonds is 10. The molecule has 0 aliphatic carbocycles. The van der Waals surface area contributed by atoms with Crippen LogP contribution in [0.3, 0.4) is 0 Å². The quantitative estimate of drug-likeness (QED) is 0.273. The lowest BCUT2D eigenvalue weighted by molar-refractivity contribution is 0.301. The summed E-state index contributed by atoms with van der Waals surface area (Å²) >= 11 is 0. The van der Waals surface area contributed by atoms with Gasteiger partial charge in [-0.1, -0.05) is 49.4 Å². The molecule has 0 spiro atoms. The molecule has 0 fully saturated rings. The van der Waals surface area contributed by atoms with Gasteiger partial charge in [-0.25, -0.2) is 4.98 Å². The molecular formula is C28H30N2O2. The number of nitrogens with zero attached hydrogens (tertiary/aromatic N) is 2. The van der Waals surface area contributed by atoms with E-state index >= 15 is 0 Å². The van der Waals surface area contributed by atoms with Gasteiger partial charge in [0.2, 0.25) is 0 Å². The Bertz CT molecular complexity index is 1120. The fraction of sp³-hybridized carbons (Fsp3) is 0.250. The summed E-state index contributed by atoms with van der Waals surface area (Å²) in [6.45, 7) is 6.40. The van der Waals surface area contributed by atoms with E-state index in [0.717, 1.165) is 47.7 Å². The third kappa shape index (κ3) is 5.58. The minimum Gasteiger partial charge on any atom is -0.494 e. The standard InChI is InChI=1S/C28H30N2O2/c1-3-27-28(24-13-15-25(16-14-24)32-20-23-10-5-4-6-11-23)29-21-30(27)17-8-18-31-26-12-7-9-22(2)19-26/h4-7,9-16,19,21H,3,8,17-18,20H2,1-2H3. The molecule has 0 saturated heterocycles. The number of aromatic nitrogens is 2. The monoisotopic (exact) mass is 426 g/mol. The summed E-state index contributed by atoms with van der Waals surface area (Å²) in [5, 5.41) is 0. The first kappa shape index (κ1) is 21.7. The van der Waals surface area contributed by atoms with Crippen molar-refractivity contribution in [2.24, 2.45) is 0 Å². The zero-order valence-electron chi connectivity index (χ0n) is 18.8. The van der Waals surface area contributed by atoms with Crippen molar-refractivity contribution in [2.45, 2.75) is 39.8 Å². The smallest absolute Gasteiger partial charge is 0.119 e. The predicted molar refractivity (Wildman–Crippen MR) is 129 cm³/mol. The molecule has 3 aromatic carbocycles. The van der Waals surface area contributed by atoms with Gasteiger partial charge in [0.15, 0.2) is 0 Å². The molecule has 164 valence electrons. The molecule has 0 aliphatic rings. The Labute approximate surface area is 190 Å². The Hall–Kier alpha value is -3.53. The van der Waals surface area contributed by atoms with Crippen LogP contribution in [0.5, 0.6) is 11.5 Å². The van der Waals surface area contributed by atoms with Crippen molar-refractivity contribution in [1.82, 2.24) is 9.55 Å². The van der Waals surface area contributed by atoms with Crippen LogP contribution < -0.4 is 9.47 Å². The van der Waals surface area contributed by atoms with E-state index in [2.05, 4.69) is 54.8 Å². The van der Waals surface area contributed by atoms with E-state index in [1.54, 1.807) is 0 Å². The van der Waals surface area contributed by atoms with Crippen molar-refractivity contribution in [3.8, 4) is 22.8 Å². The molecule has 1 aromatic heterocycles. The van der Waals surface area contributed by atoms with Crippen LogP contribution in [0.2, 0.25) is 0 Å². The number of aryl methyl sites for hydroxylation is 2. The topological polar surface area (TPSA) is 36.3 Å². The van der Waals surface area contributed by atoms with Crippen LogP contribution in [0.25, 0.3) is 11.3 Å². The Kier molecular flexibility index (Phi) is 7.23. The summed E-state index contributed by atoms with van der Waals surface area (Å²) in [6, 6.07) is 26.6. The van der Waals surface area contributed by atoms with Crippen LogP contribution in [-0.4, -0.2) is 16.2 Å². The van der Waals surface area contributed by atoms with Crippen molar-refractivity contribution < 1.29 is 9.47 Å². The fourth-order valence-corrected chi connectivity index (χ4v) is 3.79. The van der Waals surface area contributed by atoms with E-state index in [1.165, 1.54) is 11.3 Å². The Morgan fingerprint density at radius 3 is 2.41 bits per heavy atom. The van der Waals surface area contributed by atoms with Crippen LogP contribution in [0.4, 0.5) is 0 Å². The normalized spacial score (nSPS) is 10.8. The first-order valence-electron chi connectivity index (χ1n) is 11.2. The second-order valence-electron chi connectivity index (χ2n) is 7.90. The number of ether oxygens (including phenoxy) is 2. The van der Waals surface area contributed by atoms with E-state index in [0.29, 0.717) is 13.2 Å². The highest BCUT2D eigenvalue weighted by Gasteiger charge is 2.11. The lowest BCUT2D eigenvalue weighted by Gasteiger charge is -2.11. The molecule has 4 aromatic rings.